The Kier molecular flexibility index (Phi) is 5.87. The minimum absolute atomic E-state index is 0.00159. The van der Waals surface area contributed by atoms with Gasteiger partial charge in [-0.1, -0.05) is 30.0 Å². The lowest BCUT2D eigenvalue weighted by atomic mass is 9.86. The molecule has 0 radical (unpaired) electrons. The zero-order valence-corrected chi connectivity index (χ0v) is 20.0. The van der Waals surface area contributed by atoms with Gasteiger partial charge in [0.2, 0.25) is 5.88 Å². The largest absolute Gasteiger partial charge is 0.439 e. The number of piperidine rings is 1. The van der Waals surface area contributed by atoms with E-state index < -0.39 is 0 Å². The summed E-state index contributed by atoms with van der Waals surface area (Å²) in [5.41, 5.74) is 7.45. The molecule has 1 saturated carbocycles. The van der Waals surface area contributed by atoms with Gasteiger partial charge in [-0.25, -0.2) is 9.78 Å². The molecular weight excluding hydrogens is 464 g/mol. The average molecular weight is 493 g/mol. The van der Waals surface area contributed by atoms with Crippen LogP contribution in [0.1, 0.15) is 25.7 Å². The molecule has 35 heavy (non-hydrogen) atoms. The van der Waals surface area contributed by atoms with Crippen LogP contribution in [0.5, 0.6) is 11.6 Å². The Bertz CT molecular complexity index is 1160. The second-order valence-corrected chi connectivity index (χ2v) is 10.6. The molecule has 1 aliphatic carbocycles. The summed E-state index contributed by atoms with van der Waals surface area (Å²) < 4.78 is 5.80. The fourth-order valence-electron chi connectivity index (χ4n) is 5.51. The van der Waals surface area contributed by atoms with E-state index in [0.29, 0.717) is 22.2 Å². The van der Waals surface area contributed by atoms with Crippen molar-refractivity contribution >= 4 is 29.4 Å². The monoisotopic (exact) mass is 492 g/mol. The molecule has 6 rings (SSSR count). The second-order valence-electron chi connectivity index (χ2n) is 9.43. The van der Waals surface area contributed by atoms with Crippen LogP contribution in [0.4, 0.5) is 10.5 Å². The van der Waals surface area contributed by atoms with Crippen LogP contribution < -0.4 is 31.3 Å². The zero-order valence-electron chi connectivity index (χ0n) is 19.1. The van der Waals surface area contributed by atoms with Crippen molar-refractivity contribution in [2.24, 2.45) is 11.7 Å². The van der Waals surface area contributed by atoms with Crippen molar-refractivity contribution in [3.63, 3.8) is 0 Å². The van der Waals surface area contributed by atoms with Gasteiger partial charge < -0.3 is 26.4 Å². The van der Waals surface area contributed by atoms with Gasteiger partial charge in [-0.15, -0.1) is 0 Å². The number of benzene rings is 1. The predicted molar refractivity (Wildman–Crippen MR) is 134 cm³/mol. The molecule has 0 bridgehead atoms. The van der Waals surface area contributed by atoms with Gasteiger partial charge in [-0.05, 0) is 50.4 Å². The van der Waals surface area contributed by atoms with E-state index in [1.165, 1.54) is 11.8 Å². The summed E-state index contributed by atoms with van der Waals surface area (Å²) in [6.07, 6.45) is 5.07. The van der Waals surface area contributed by atoms with Crippen molar-refractivity contribution in [2.45, 2.75) is 49.2 Å². The third-order valence-corrected chi connectivity index (χ3v) is 8.48. The number of nitrogens with one attached hydrogen (secondary N) is 3. The summed E-state index contributed by atoms with van der Waals surface area (Å²) in [7, 11) is 0. The van der Waals surface area contributed by atoms with Crippen LogP contribution >= 0.6 is 11.8 Å². The highest BCUT2D eigenvalue weighted by atomic mass is 32.2. The van der Waals surface area contributed by atoms with Gasteiger partial charge in [0.05, 0.1) is 28.2 Å². The average Bonchev–Trinajstić information content (AvgIpc) is 3.44. The summed E-state index contributed by atoms with van der Waals surface area (Å²) in [4.78, 5) is 33.3. The smallest absolute Gasteiger partial charge is 0.326 e. The van der Waals surface area contributed by atoms with Gasteiger partial charge >= 0.3 is 6.03 Å². The van der Waals surface area contributed by atoms with E-state index in [4.69, 9.17) is 10.5 Å². The standard InChI is InChI=1S/C25H28N6O3S/c26-14-6-7-15(12-14)29-23(32)22-21-20-18(10-11-27-24(20)35-22)31(25(33)30-21)16-8-9-19(28-13-16)34-17-4-2-1-3-5-17/h1-5,8-9,13-15,18,20,24,27H,6-7,10-12,26H2,(H,29,32)(H,30,33)/t14-,15-,18?,20?,24?/m0/s1. The van der Waals surface area contributed by atoms with Gasteiger partial charge in [0.1, 0.15) is 5.75 Å². The molecule has 4 aliphatic rings. The summed E-state index contributed by atoms with van der Waals surface area (Å²) in [6.45, 7) is 0.769. The van der Waals surface area contributed by atoms with Gasteiger partial charge in [-0.3, -0.25) is 9.69 Å². The highest BCUT2D eigenvalue weighted by molar-refractivity contribution is 8.04. The highest BCUT2D eigenvalue weighted by Gasteiger charge is 2.51. The first kappa shape index (κ1) is 22.4. The molecule has 3 amide bonds. The third-order valence-electron chi connectivity index (χ3n) is 7.12. The van der Waals surface area contributed by atoms with Crippen molar-refractivity contribution < 1.29 is 14.3 Å². The topological polar surface area (TPSA) is 122 Å². The molecule has 1 aromatic carbocycles. The number of carbonyl (C=O) groups is 2. The molecule has 5 N–H and O–H groups in total. The maximum absolute atomic E-state index is 13.3. The van der Waals surface area contributed by atoms with Gasteiger partial charge in [-0.2, -0.15) is 0 Å². The van der Waals surface area contributed by atoms with Crippen LogP contribution in [0, 0.1) is 5.92 Å². The van der Waals surface area contributed by atoms with Gasteiger partial charge in [0.25, 0.3) is 5.91 Å². The first-order valence-electron chi connectivity index (χ1n) is 12.1. The van der Waals surface area contributed by atoms with E-state index in [9.17, 15) is 9.59 Å². The number of nitrogens with two attached hydrogens (primary N) is 1. The van der Waals surface area contributed by atoms with Crippen LogP contribution in [-0.4, -0.2) is 47.0 Å². The molecule has 2 saturated heterocycles. The fourth-order valence-corrected chi connectivity index (χ4v) is 6.91. The molecule has 2 aromatic rings. The van der Waals surface area contributed by atoms with Crippen LogP contribution in [-0.2, 0) is 4.79 Å². The SMILES string of the molecule is N[C@H]1CC[C@H](NC(=O)C2=C3NC(=O)N(c4ccc(Oc5ccccc5)nc4)C4CCNC(S2)C34)C1. The number of anilines is 1. The quantitative estimate of drug-likeness (QED) is 0.506. The van der Waals surface area contributed by atoms with Crippen LogP contribution in [0.25, 0.3) is 0 Å². The Morgan fingerprint density at radius 2 is 2.03 bits per heavy atom. The van der Waals surface area contributed by atoms with Gasteiger partial charge in [0.15, 0.2) is 0 Å². The Morgan fingerprint density at radius 1 is 1.17 bits per heavy atom. The minimum Gasteiger partial charge on any atom is -0.439 e. The minimum atomic E-state index is -0.240. The highest BCUT2D eigenvalue weighted by Crippen LogP contribution is 2.48. The van der Waals surface area contributed by atoms with E-state index in [0.717, 1.165) is 37.9 Å². The number of thioether (sulfide) groups is 1. The lowest BCUT2D eigenvalue weighted by Gasteiger charge is -2.45. The zero-order chi connectivity index (χ0) is 23.9. The number of nitrogens with zero attached hydrogens (tertiary/aromatic N) is 2. The summed E-state index contributed by atoms with van der Waals surface area (Å²) >= 11 is 1.51. The maximum atomic E-state index is 13.3. The normalized spacial score (nSPS) is 29.6. The number of carbonyl (C=O) groups excluding carboxylic acids is 2. The number of aromatic nitrogens is 1. The molecule has 182 valence electrons. The molecule has 3 unspecified atom stereocenters. The van der Waals surface area contributed by atoms with E-state index in [1.807, 2.05) is 36.4 Å². The summed E-state index contributed by atoms with van der Waals surface area (Å²) in [5, 5.41) is 9.73. The third kappa shape index (κ3) is 4.26. The van der Waals surface area contributed by atoms with Crippen molar-refractivity contribution in [3.05, 3.63) is 59.3 Å². The number of hydrogen-bond acceptors (Lipinski definition) is 7. The molecule has 0 spiro atoms. The summed E-state index contributed by atoms with van der Waals surface area (Å²) in [6, 6.07) is 13.0. The number of rotatable bonds is 5. The molecule has 1 aromatic heterocycles. The van der Waals surface area contributed by atoms with E-state index in [2.05, 4.69) is 20.9 Å². The molecule has 9 nitrogen and oxygen atoms in total. The first-order valence-corrected chi connectivity index (χ1v) is 12.9. The lowest BCUT2D eigenvalue weighted by Crippen LogP contribution is -2.62. The Morgan fingerprint density at radius 3 is 2.77 bits per heavy atom. The van der Waals surface area contributed by atoms with Crippen LogP contribution in [0.2, 0.25) is 0 Å². The second kappa shape index (κ2) is 9.18. The van der Waals surface area contributed by atoms with Gasteiger partial charge in [0, 0.05) is 29.8 Å². The maximum Gasteiger partial charge on any atom is 0.326 e. The predicted octanol–water partition coefficient (Wildman–Crippen LogP) is 2.66. The molecule has 5 atom stereocenters. The number of hydrogen-bond donors (Lipinski definition) is 4. The molecule has 10 heteroatoms. The first-order chi connectivity index (χ1) is 17.1. The lowest BCUT2D eigenvalue weighted by molar-refractivity contribution is -0.117. The number of ether oxygens (including phenoxy) is 1. The number of urea groups is 1. The number of para-hydroxylation sites is 1. The Balaban J connectivity index is 1.22. The van der Waals surface area contributed by atoms with E-state index >= 15 is 0 Å². The van der Waals surface area contributed by atoms with Crippen molar-refractivity contribution in [2.75, 3.05) is 11.4 Å². The van der Waals surface area contributed by atoms with E-state index in [-0.39, 0.29) is 41.4 Å². The summed E-state index contributed by atoms with van der Waals surface area (Å²) in [5.74, 6) is 1.05. The fraction of sp³-hybridized carbons (Fsp3) is 0.400. The van der Waals surface area contributed by atoms with E-state index in [1.54, 1.807) is 17.2 Å². The molecule has 4 heterocycles. The van der Waals surface area contributed by atoms with Crippen LogP contribution in [0.15, 0.2) is 59.3 Å². The molecular formula is C25H28N6O3S. The number of pyridine rings is 1. The molecule has 3 fully saturated rings. The Hall–Kier alpha value is -3.08. The van der Waals surface area contributed by atoms with Crippen LogP contribution in [0.3, 0.4) is 0 Å². The van der Waals surface area contributed by atoms with Crippen molar-refractivity contribution in [1.29, 1.82) is 0 Å². The number of amides is 3. The van der Waals surface area contributed by atoms with Crippen molar-refractivity contribution in [1.82, 2.24) is 20.9 Å². The van der Waals surface area contributed by atoms with Crippen molar-refractivity contribution in [3.8, 4) is 11.6 Å². The Labute approximate surface area is 207 Å². The molecule has 3 aliphatic heterocycles.